The molecule has 2 aromatic rings. The van der Waals surface area contributed by atoms with Gasteiger partial charge in [0.25, 0.3) is 0 Å². The highest BCUT2D eigenvalue weighted by molar-refractivity contribution is 9.10. The van der Waals surface area contributed by atoms with Crippen molar-refractivity contribution in [1.29, 1.82) is 0 Å². The molecular weight excluding hydrogens is 378 g/mol. The van der Waals surface area contributed by atoms with E-state index in [1.54, 1.807) is 7.11 Å². The number of hydrogen-bond acceptors (Lipinski definition) is 4. The van der Waals surface area contributed by atoms with E-state index < -0.39 is 11.9 Å². The average Bonchev–Trinajstić information content (AvgIpc) is 2.53. The molecule has 2 aromatic carbocycles. The van der Waals surface area contributed by atoms with Crippen molar-refractivity contribution in [2.45, 2.75) is 13.5 Å². The van der Waals surface area contributed by atoms with Gasteiger partial charge in [0.2, 0.25) is 0 Å². The maximum absolute atomic E-state index is 9.10. The Morgan fingerprint density at radius 1 is 1.12 bits per heavy atom. The zero-order valence-corrected chi connectivity index (χ0v) is 14.8. The van der Waals surface area contributed by atoms with Crippen molar-refractivity contribution < 1.29 is 24.5 Å². The summed E-state index contributed by atoms with van der Waals surface area (Å²) in [6, 6.07) is 14.5. The van der Waals surface area contributed by atoms with Gasteiger partial charge in [0.1, 0.15) is 5.75 Å². The largest absolute Gasteiger partial charge is 0.496 e. The van der Waals surface area contributed by atoms with Crippen LogP contribution in [0.1, 0.15) is 11.1 Å². The first-order valence-corrected chi connectivity index (χ1v) is 7.72. The molecule has 3 N–H and O–H groups in total. The van der Waals surface area contributed by atoms with Crippen molar-refractivity contribution in [2.75, 3.05) is 12.4 Å². The Labute approximate surface area is 148 Å². The van der Waals surface area contributed by atoms with Crippen LogP contribution in [0.4, 0.5) is 5.69 Å². The molecule has 0 aliphatic rings. The summed E-state index contributed by atoms with van der Waals surface area (Å²) in [7, 11) is 1.67. The van der Waals surface area contributed by atoms with Gasteiger partial charge in [-0.1, -0.05) is 18.2 Å². The second-order valence-electron chi connectivity index (χ2n) is 4.80. The highest BCUT2D eigenvalue weighted by Gasteiger charge is 2.04. The van der Waals surface area contributed by atoms with Crippen LogP contribution in [0.3, 0.4) is 0 Å². The van der Waals surface area contributed by atoms with Crippen molar-refractivity contribution in [1.82, 2.24) is 0 Å². The Morgan fingerprint density at radius 2 is 1.79 bits per heavy atom. The van der Waals surface area contributed by atoms with Crippen molar-refractivity contribution in [3.63, 3.8) is 0 Å². The Kier molecular flexibility index (Phi) is 7.77. The lowest BCUT2D eigenvalue weighted by Gasteiger charge is -2.09. The van der Waals surface area contributed by atoms with Gasteiger partial charge >= 0.3 is 11.9 Å². The number of methoxy groups -OCH3 is 1. The molecule has 128 valence electrons. The second-order valence-corrected chi connectivity index (χ2v) is 5.66. The minimum Gasteiger partial charge on any atom is -0.496 e. The van der Waals surface area contributed by atoms with Crippen molar-refractivity contribution >= 4 is 33.6 Å². The van der Waals surface area contributed by atoms with Gasteiger partial charge in [0.05, 0.1) is 11.6 Å². The van der Waals surface area contributed by atoms with Gasteiger partial charge in [0, 0.05) is 12.2 Å². The SMILES string of the molecule is COc1ccc(CNc2cccc(C)c2)cc1Br.O=C(O)C(=O)O. The third kappa shape index (κ3) is 6.70. The zero-order chi connectivity index (χ0) is 18.1. The number of ether oxygens (including phenoxy) is 1. The van der Waals surface area contributed by atoms with Crippen LogP contribution in [0.5, 0.6) is 5.75 Å². The zero-order valence-electron chi connectivity index (χ0n) is 13.2. The van der Waals surface area contributed by atoms with E-state index in [0.29, 0.717) is 0 Å². The van der Waals surface area contributed by atoms with Crippen molar-refractivity contribution in [2.24, 2.45) is 0 Å². The number of aryl methyl sites for hydroxylation is 1. The fourth-order valence-corrected chi connectivity index (χ4v) is 2.37. The second kappa shape index (κ2) is 9.57. The maximum Gasteiger partial charge on any atom is 0.414 e. The number of rotatable bonds is 4. The van der Waals surface area contributed by atoms with Gasteiger partial charge in [-0.05, 0) is 58.2 Å². The van der Waals surface area contributed by atoms with Crippen LogP contribution in [0, 0.1) is 6.92 Å². The fraction of sp³-hybridized carbons (Fsp3) is 0.176. The Bertz CT molecular complexity index is 706. The summed E-state index contributed by atoms with van der Waals surface area (Å²) in [6.45, 7) is 2.89. The average molecular weight is 396 g/mol. The molecule has 0 saturated carbocycles. The standard InChI is InChI=1S/C15H16BrNO.C2H2O4/c1-11-4-3-5-13(8-11)17-10-12-6-7-15(18-2)14(16)9-12;3-1(4)2(5)6/h3-9,17H,10H2,1-2H3;(H,3,4)(H,5,6). The quantitative estimate of drug-likeness (QED) is 0.685. The summed E-state index contributed by atoms with van der Waals surface area (Å²) >= 11 is 3.49. The van der Waals surface area contributed by atoms with E-state index in [4.69, 9.17) is 24.5 Å². The first kappa shape index (κ1) is 19.5. The molecule has 2 rings (SSSR count). The highest BCUT2D eigenvalue weighted by atomic mass is 79.9. The van der Waals surface area contributed by atoms with Crippen LogP contribution in [0.15, 0.2) is 46.9 Å². The van der Waals surface area contributed by atoms with Gasteiger partial charge in [0.15, 0.2) is 0 Å². The predicted molar refractivity (Wildman–Crippen MR) is 94.5 cm³/mol. The topological polar surface area (TPSA) is 95.9 Å². The maximum atomic E-state index is 9.10. The molecule has 7 heteroatoms. The molecule has 24 heavy (non-hydrogen) atoms. The first-order chi connectivity index (χ1) is 11.3. The lowest BCUT2D eigenvalue weighted by molar-refractivity contribution is -0.159. The van der Waals surface area contributed by atoms with Gasteiger partial charge in [-0.3, -0.25) is 0 Å². The molecule has 0 atom stereocenters. The molecule has 0 radical (unpaired) electrons. The highest BCUT2D eigenvalue weighted by Crippen LogP contribution is 2.25. The van der Waals surface area contributed by atoms with Gasteiger partial charge in [-0.2, -0.15) is 0 Å². The van der Waals surface area contributed by atoms with Crippen molar-refractivity contribution in [3.05, 3.63) is 58.1 Å². The van der Waals surface area contributed by atoms with Crippen LogP contribution in [0.25, 0.3) is 0 Å². The summed E-state index contributed by atoms with van der Waals surface area (Å²) in [5.41, 5.74) is 3.61. The molecule has 0 heterocycles. The lowest BCUT2D eigenvalue weighted by Crippen LogP contribution is -2.09. The number of carboxylic acids is 2. The van der Waals surface area contributed by atoms with Crippen molar-refractivity contribution in [3.8, 4) is 5.75 Å². The third-order valence-corrected chi connectivity index (χ3v) is 3.53. The smallest absolute Gasteiger partial charge is 0.414 e. The number of hydrogen-bond donors (Lipinski definition) is 3. The summed E-state index contributed by atoms with van der Waals surface area (Å²) in [5.74, 6) is -2.79. The molecular formula is C17H18BrNO5. The molecule has 0 aliphatic carbocycles. The van der Waals surface area contributed by atoms with Crippen LogP contribution < -0.4 is 10.1 Å². The first-order valence-electron chi connectivity index (χ1n) is 6.92. The number of aliphatic carboxylic acids is 2. The van der Waals surface area contributed by atoms with Gasteiger partial charge in [-0.25, -0.2) is 9.59 Å². The normalized spacial score (nSPS) is 9.46. The molecule has 0 aromatic heterocycles. The van der Waals surface area contributed by atoms with E-state index in [9.17, 15) is 0 Å². The summed E-state index contributed by atoms with van der Waals surface area (Å²) in [6.07, 6.45) is 0. The number of halogens is 1. The Morgan fingerprint density at radius 3 is 2.29 bits per heavy atom. The molecule has 0 aliphatic heterocycles. The van der Waals surface area contributed by atoms with E-state index in [0.717, 1.165) is 22.5 Å². The number of nitrogens with one attached hydrogen (secondary N) is 1. The lowest BCUT2D eigenvalue weighted by atomic mass is 10.2. The third-order valence-electron chi connectivity index (χ3n) is 2.91. The van der Waals surface area contributed by atoms with Crippen LogP contribution in [0.2, 0.25) is 0 Å². The predicted octanol–water partition coefficient (Wildman–Crippen LogP) is 3.53. The Hall–Kier alpha value is -2.54. The summed E-state index contributed by atoms with van der Waals surface area (Å²) in [4.78, 5) is 18.2. The number of carbonyl (C=O) groups is 2. The molecule has 0 spiro atoms. The number of anilines is 1. The van der Waals surface area contributed by atoms with E-state index in [1.165, 1.54) is 11.1 Å². The van der Waals surface area contributed by atoms with Crippen LogP contribution >= 0.6 is 15.9 Å². The number of benzene rings is 2. The van der Waals surface area contributed by atoms with Crippen LogP contribution in [-0.2, 0) is 16.1 Å². The van der Waals surface area contributed by atoms with Crippen LogP contribution in [-0.4, -0.2) is 29.3 Å². The molecule has 6 nitrogen and oxygen atoms in total. The van der Waals surface area contributed by atoms with Gasteiger partial charge < -0.3 is 20.3 Å². The summed E-state index contributed by atoms with van der Waals surface area (Å²) in [5, 5.41) is 18.2. The van der Waals surface area contributed by atoms with Gasteiger partial charge in [-0.15, -0.1) is 0 Å². The monoisotopic (exact) mass is 395 g/mol. The minimum absolute atomic E-state index is 0.798. The Balaban J connectivity index is 0.000000413. The molecule has 0 unspecified atom stereocenters. The van der Waals surface area contributed by atoms with E-state index >= 15 is 0 Å². The molecule has 0 amide bonds. The minimum atomic E-state index is -1.82. The fourth-order valence-electron chi connectivity index (χ4n) is 1.78. The van der Waals surface area contributed by atoms with E-state index in [-0.39, 0.29) is 0 Å². The summed E-state index contributed by atoms with van der Waals surface area (Å²) < 4.78 is 6.19. The molecule has 0 bridgehead atoms. The van der Waals surface area contributed by atoms with E-state index in [2.05, 4.69) is 64.6 Å². The number of carboxylic acid groups (broad SMARTS) is 2. The molecule has 0 saturated heterocycles. The molecule has 0 fully saturated rings. The van der Waals surface area contributed by atoms with E-state index in [1.807, 2.05) is 6.07 Å².